The normalized spacial score (nSPS) is 18.0. The first-order valence-electron chi connectivity index (χ1n) is 9.29. The van der Waals surface area contributed by atoms with Gasteiger partial charge in [0.25, 0.3) is 0 Å². The largest absolute Gasteiger partial charge is 0.468 e. The molecule has 2 unspecified atom stereocenters. The number of likely N-dealkylation sites (tertiary alicyclic amines) is 1. The predicted octanol–water partition coefficient (Wildman–Crippen LogP) is 2.30. The van der Waals surface area contributed by atoms with Gasteiger partial charge in [-0.05, 0) is 57.1 Å². The van der Waals surface area contributed by atoms with Crippen LogP contribution in [0.5, 0.6) is 0 Å². The molecule has 26 heavy (non-hydrogen) atoms. The van der Waals surface area contributed by atoms with Crippen LogP contribution in [0.3, 0.4) is 0 Å². The highest BCUT2D eigenvalue weighted by Crippen LogP contribution is 2.25. The summed E-state index contributed by atoms with van der Waals surface area (Å²) in [5.41, 5.74) is 0. The highest BCUT2D eigenvalue weighted by atomic mass is 16.4. The van der Waals surface area contributed by atoms with Crippen LogP contribution in [0.4, 0.5) is 0 Å². The molecule has 0 spiro atoms. The van der Waals surface area contributed by atoms with E-state index in [0.29, 0.717) is 24.8 Å². The molecule has 0 saturated carbocycles. The monoisotopic (exact) mass is 360 g/mol. The van der Waals surface area contributed by atoms with Crippen molar-refractivity contribution in [1.82, 2.24) is 15.5 Å². The molecule has 7 nitrogen and oxygen atoms in total. The minimum Gasteiger partial charge on any atom is -0.468 e. The number of aliphatic hydroxyl groups excluding tert-OH is 1. The second-order valence-corrected chi connectivity index (χ2v) is 6.41. The van der Waals surface area contributed by atoms with E-state index in [1.807, 2.05) is 19.1 Å². The van der Waals surface area contributed by atoms with E-state index in [-0.39, 0.29) is 6.04 Å². The van der Waals surface area contributed by atoms with Gasteiger partial charge in [-0.3, -0.25) is 9.89 Å². The van der Waals surface area contributed by atoms with E-state index in [4.69, 9.17) is 13.8 Å². The molecule has 3 rings (SSSR count). The Balaban J connectivity index is 1.62. The molecule has 1 aliphatic rings. The molecule has 0 aliphatic carbocycles. The molecular formula is C19H28N4O3. The molecule has 0 radical (unpaired) electrons. The minimum atomic E-state index is -0.715. The molecule has 2 atom stereocenters. The second-order valence-electron chi connectivity index (χ2n) is 6.41. The summed E-state index contributed by atoms with van der Waals surface area (Å²) in [4.78, 5) is 7.14. The van der Waals surface area contributed by atoms with Crippen molar-refractivity contribution >= 4 is 5.96 Å². The Morgan fingerprint density at radius 3 is 2.46 bits per heavy atom. The molecule has 7 heteroatoms. The Morgan fingerprint density at radius 1 is 1.15 bits per heavy atom. The number of rotatable bonds is 8. The van der Waals surface area contributed by atoms with Crippen molar-refractivity contribution in [2.24, 2.45) is 4.99 Å². The van der Waals surface area contributed by atoms with Gasteiger partial charge < -0.3 is 24.6 Å². The number of hydrogen-bond acceptors (Lipinski definition) is 5. The molecule has 1 saturated heterocycles. The van der Waals surface area contributed by atoms with E-state index >= 15 is 0 Å². The summed E-state index contributed by atoms with van der Waals surface area (Å²) in [7, 11) is 0. The fourth-order valence-electron chi connectivity index (χ4n) is 3.21. The van der Waals surface area contributed by atoms with Crippen LogP contribution < -0.4 is 10.6 Å². The van der Waals surface area contributed by atoms with E-state index in [2.05, 4.69) is 15.5 Å². The SMILES string of the molecule is CCNC(=NCC(c1ccco1)N1CCCC1)NCC(O)c1ccco1. The predicted molar refractivity (Wildman–Crippen MR) is 99.9 cm³/mol. The Kier molecular flexibility index (Phi) is 6.74. The molecule has 142 valence electrons. The smallest absolute Gasteiger partial charge is 0.191 e. The highest BCUT2D eigenvalue weighted by molar-refractivity contribution is 5.79. The molecule has 0 amide bonds. The Labute approximate surface area is 154 Å². The van der Waals surface area contributed by atoms with Crippen LogP contribution in [0.15, 0.2) is 50.6 Å². The van der Waals surface area contributed by atoms with Gasteiger partial charge in [-0.15, -0.1) is 0 Å². The van der Waals surface area contributed by atoms with Gasteiger partial charge >= 0.3 is 0 Å². The lowest BCUT2D eigenvalue weighted by atomic mass is 10.2. The van der Waals surface area contributed by atoms with Crippen molar-refractivity contribution in [3.8, 4) is 0 Å². The third-order valence-corrected chi connectivity index (χ3v) is 4.55. The lowest BCUT2D eigenvalue weighted by molar-refractivity contribution is 0.152. The van der Waals surface area contributed by atoms with Gasteiger partial charge in [-0.25, -0.2) is 0 Å². The van der Waals surface area contributed by atoms with Crippen LogP contribution in [0.25, 0.3) is 0 Å². The molecule has 1 aliphatic heterocycles. The average molecular weight is 360 g/mol. The summed E-state index contributed by atoms with van der Waals surface area (Å²) < 4.78 is 10.9. The van der Waals surface area contributed by atoms with Crippen LogP contribution in [0, 0.1) is 0 Å². The van der Waals surface area contributed by atoms with E-state index in [1.165, 1.54) is 12.8 Å². The molecule has 2 aromatic rings. The van der Waals surface area contributed by atoms with Gasteiger partial charge in [0.15, 0.2) is 5.96 Å². The number of guanidine groups is 1. The van der Waals surface area contributed by atoms with Crippen LogP contribution in [0.1, 0.15) is 43.4 Å². The first-order chi connectivity index (χ1) is 12.8. The second kappa shape index (κ2) is 9.45. The Hall–Kier alpha value is -2.25. The van der Waals surface area contributed by atoms with E-state index < -0.39 is 6.10 Å². The van der Waals surface area contributed by atoms with Crippen LogP contribution in [0.2, 0.25) is 0 Å². The first-order valence-corrected chi connectivity index (χ1v) is 9.29. The molecule has 1 fully saturated rings. The minimum absolute atomic E-state index is 0.137. The van der Waals surface area contributed by atoms with Crippen molar-refractivity contribution < 1.29 is 13.9 Å². The number of aliphatic imine (C=N–C) groups is 1. The summed E-state index contributed by atoms with van der Waals surface area (Å²) in [5.74, 6) is 2.16. The summed E-state index contributed by atoms with van der Waals surface area (Å²) in [5, 5.41) is 16.6. The number of hydrogen-bond donors (Lipinski definition) is 3. The highest BCUT2D eigenvalue weighted by Gasteiger charge is 2.25. The van der Waals surface area contributed by atoms with Gasteiger partial charge in [0.1, 0.15) is 17.6 Å². The van der Waals surface area contributed by atoms with Crippen molar-refractivity contribution in [1.29, 1.82) is 0 Å². The molecule has 0 bridgehead atoms. The van der Waals surface area contributed by atoms with E-state index in [0.717, 1.165) is 25.4 Å². The van der Waals surface area contributed by atoms with Crippen LogP contribution in [-0.2, 0) is 0 Å². The zero-order valence-electron chi connectivity index (χ0n) is 15.2. The molecule has 3 heterocycles. The van der Waals surface area contributed by atoms with Crippen LogP contribution in [-0.4, -0.2) is 48.7 Å². The number of aliphatic hydroxyl groups is 1. The van der Waals surface area contributed by atoms with Gasteiger partial charge in [0, 0.05) is 6.54 Å². The summed E-state index contributed by atoms with van der Waals surface area (Å²) in [6, 6.07) is 7.60. The van der Waals surface area contributed by atoms with E-state index in [9.17, 15) is 5.11 Å². The van der Waals surface area contributed by atoms with Gasteiger partial charge in [0.05, 0.1) is 31.7 Å². The quantitative estimate of drug-likeness (QED) is 0.495. The molecule has 2 aromatic heterocycles. The summed E-state index contributed by atoms with van der Waals surface area (Å²) in [6.45, 7) is 5.83. The summed E-state index contributed by atoms with van der Waals surface area (Å²) in [6.07, 6.45) is 4.99. The number of nitrogens with zero attached hydrogens (tertiary/aromatic N) is 2. The standard InChI is InChI=1S/C19H28N4O3/c1-2-20-19(22-14-16(24)18-8-6-12-26-18)21-13-15(17-7-5-11-25-17)23-9-3-4-10-23/h5-8,11-12,15-16,24H,2-4,9-10,13-14H2,1H3,(H2,20,21,22). The van der Waals surface area contributed by atoms with Gasteiger partial charge in [-0.1, -0.05) is 0 Å². The van der Waals surface area contributed by atoms with E-state index in [1.54, 1.807) is 24.7 Å². The zero-order chi connectivity index (χ0) is 18.2. The van der Waals surface area contributed by atoms with Crippen molar-refractivity contribution in [2.75, 3.05) is 32.7 Å². The van der Waals surface area contributed by atoms with Crippen molar-refractivity contribution in [3.63, 3.8) is 0 Å². The topological polar surface area (TPSA) is 86.2 Å². The fourth-order valence-corrected chi connectivity index (χ4v) is 3.21. The molecule has 3 N–H and O–H groups in total. The number of furan rings is 2. The summed E-state index contributed by atoms with van der Waals surface area (Å²) >= 11 is 0. The maximum atomic E-state index is 10.2. The third kappa shape index (κ3) is 4.89. The fraction of sp³-hybridized carbons (Fsp3) is 0.526. The Morgan fingerprint density at radius 2 is 1.85 bits per heavy atom. The lowest BCUT2D eigenvalue weighted by Crippen LogP contribution is -2.40. The zero-order valence-corrected chi connectivity index (χ0v) is 15.2. The maximum Gasteiger partial charge on any atom is 0.191 e. The molecular weight excluding hydrogens is 332 g/mol. The number of nitrogens with one attached hydrogen (secondary N) is 2. The maximum absolute atomic E-state index is 10.2. The van der Waals surface area contributed by atoms with Crippen LogP contribution >= 0.6 is 0 Å². The average Bonchev–Trinajstić information content (AvgIpc) is 3.43. The van der Waals surface area contributed by atoms with Crippen molar-refractivity contribution in [3.05, 3.63) is 48.3 Å². The Bertz CT molecular complexity index is 648. The molecule has 0 aromatic carbocycles. The van der Waals surface area contributed by atoms with Crippen molar-refractivity contribution in [2.45, 2.75) is 31.9 Å². The van der Waals surface area contributed by atoms with Gasteiger partial charge in [-0.2, -0.15) is 0 Å². The third-order valence-electron chi connectivity index (χ3n) is 4.55. The lowest BCUT2D eigenvalue weighted by Gasteiger charge is -2.24. The van der Waals surface area contributed by atoms with Gasteiger partial charge in [0.2, 0.25) is 0 Å². The first kappa shape index (κ1) is 18.5.